The molecule has 3 aromatic rings. The first kappa shape index (κ1) is 18.2. The molecule has 0 aliphatic rings. The zero-order valence-corrected chi connectivity index (χ0v) is 14.8. The molecule has 0 unspecified atom stereocenters. The summed E-state index contributed by atoms with van der Waals surface area (Å²) in [6.07, 6.45) is 3.03. The molecular formula is C20H18FN3O3. The first-order valence-corrected chi connectivity index (χ1v) is 8.10. The van der Waals surface area contributed by atoms with Crippen LogP contribution in [0.3, 0.4) is 0 Å². The van der Waals surface area contributed by atoms with Crippen LogP contribution in [0.15, 0.2) is 60.9 Å². The maximum absolute atomic E-state index is 13.2. The van der Waals surface area contributed by atoms with Crippen molar-refractivity contribution in [3.8, 4) is 11.5 Å². The van der Waals surface area contributed by atoms with E-state index in [0.29, 0.717) is 28.4 Å². The van der Waals surface area contributed by atoms with Gasteiger partial charge in [0.1, 0.15) is 5.82 Å². The minimum atomic E-state index is -0.421. The van der Waals surface area contributed by atoms with E-state index in [2.05, 4.69) is 15.6 Å². The van der Waals surface area contributed by atoms with Gasteiger partial charge in [0.15, 0.2) is 11.5 Å². The van der Waals surface area contributed by atoms with Gasteiger partial charge in [-0.25, -0.2) is 4.39 Å². The molecule has 3 rings (SSSR count). The molecule has 138 valence electrons. The second-order valence-electron chi connectivity index (χ2n) is 5.62. The van der Waals surface area contributed by atoms with Crippen molar-refractivity contribution in [2.75, 3.05) is 24.9 Å². The van der Waals surface area contributed by atoms with E-state index < -0.39 is 5.82 Å². The van der Waals surface area contributed by atoms with Crippen LogP contribution in [0.1, 0.15) is 10.4 Å². The van der Waals surface area contributed by atoms with Crippen LogP contribution in [-0.4, -0.2) is 25.1 Å². The number of ether oxygens (including phenoxy) is 2. The number of nitrogens with one attached hydrogen (secondary N) is 2. The average Bonchev–Trinajstić information content (AvgIpc) is 2.68. The number of nitrogens with zero attached hydrogens (tertiary/aromatic N) is 1. The highest BCUT2D eigenvalue weighted by Gasteiger charge is 2.09. The van der Waals surface area contributed by atoms with Crippen molar-refractivity contribution in [1.82, 2.24) is 4.98 Å². The summed E-state index contributed by atoms with van der Waals surface area (Å²) in [6.45, 7) is 0. The molecule has 1 amide bonds. The van der Waals surface area contributed by atoms with Gasteiger partial charge in [-0.2, -0.15) is 0 Å². The van der Waals surface area contributed by atoms with Gasteiger partial charge in [0, 0.05) is 23.6 Å². The van der Waals surface area contributed by atoms with Gasteiger partial charge in [0.05, 0.1) is 31.7 Å². The number of carbonyl (C=O) groups excluding carboxylic acids is 1. The molecule has 0 radical (unpaired) electrons. The number of hydrogen-bond acceptors (Lipinski definition) is 5. The lowest BCUT2D eigenvalue weighted by atomic mass is 10.2. The fourth-order valence-corrected chi connectivity index (χ4v) is 2.48. The van der Waals surface area contributed by atoms with E-state index in [1.807, 2.05) is 6.07 Å². The number of methoxy groups -OCH3 is 2. The zero-order valence-electron chi connectivity index (χ0n) is 14.8. The van der Waals surface area contributed by atoms with Crippen LogP contribution in [0.2, 0.25) is 0 Å². The number of aromatic nitrogens is 1. The molecule has 0 fully saturated rings. The summed E-state index contributed by atoms with van der Waals surface area (Å²) in [5, 5.41) is 5.80. The predicted molar refractivity (Wildman–Crippen MR) is 101 cm³/mol. The largest absolute Gasteiger partial charge is 0.493 e. The highest BCUT2D eigenvalue weighted by Crippen LogP contribution is 2.31. The van der Waals surface area contributed by atoms with Gasteiger partial charge in [-0.3, -0.25) is 9.78 Å². The number of pyridine rings is 1. The van der Waals surface area contributed by atoms with Crippen molar-refractivity contribution in [3.63, 3.8) is 0 Å². The van der Waals surface area contributed by atoms with Crippen LogP contribution >= 0.6 is 0 Å². The summed E-state index contributed by atoms with van der Waals surface area (Å²) in [5.41, 5.74) is 2.08. The highest BCUT2D eigenvalue weighted by molar-refractivity contribution is 6.04. The second-order valence-corrected chi connectivity index (χ2v) is 5.62. The fraction of sp³-hybridized carbons (Fsp3) is 0.100. The Morgan fingerprint density at radius 1 is 0.926 bits per heavy atom. The SMILES string of the molecule is COc1ccc(Nc2cncc(C(=O)Nc3cccc(F)c3)c2)cc1OC. The van der Waals surface area contributed by atoms with E-state index >= 15 is 0 Å². The van der Waals surface area contributed by atoms with Gasteiger partial charge in [-0.05, 0) is 36.4 Å². The van der Waals surface area contributed by atoms with Gasteiger partial charge in [0.2, 0.25) is 0 Å². The molecule has 0 atom stereocenters. The minimum Gasteiger partial charge on any atom is -0.493 e. The third kappa shape index (κ3) is 4.52. The smallest absolute Gasteiger partial charge is 0.257 e. The van der Waals surface area contributed by atoms with Crippen molar-refractivity contribution in [1.29, 1.82) is 0 Å². The number of hydrogen-bond donors (Lipinski definition) is 2. The standard InChI is InChI=1S/C20H18FN3O3/c1-26-18-7-6-16(10-19(18)27-2)23-17-8-13(11-22-12-17)20(25)24-15-5-3-4-14(21)9-15/h3-12,23H,1-2H3,(H,24,25). The van der Waals surface area contributed by atoms with Gasteiger partial charge in [0.25, 0.3) is 5.91 Å². The van der Waals surface area contributed by atoms with Gasteiger partial charge >= 0.3 is 0 Å². The fourth-order valence-electron chi connectivity index (χ4n) is 2.48. The molecule has 27 heavy (non-hydrogen) atoms. The van der Waals surface area contributed by atoms with Crippen molar-refractivity contribution in [2.45, 2.75) is 0 Å². The number of benzene rings is 2. The Bertz CT molecular complexity index is 963. The number of halogens is 1. The Kier molecular flexibility index (Phi) is 5.51. The molecule has 0 saturated carbocycles. The topological polar surface area (TPSA) is 72.5 Å². The summed E-state index contributed by atoms with van der Waals surface area (Å²) < 4.78 is 23.7. The third-order valence-electron chi connectivity index (χ3n) is 3.76. The maximum Gasteiger partial charge on any atom is 0.257 e. The number of rotatable bonds is 6. The predicted octanol–water partition coefficient (Wildman–Crippen LogP) is 4.23. The first-order chi connectivity index (χ1) is 13.1. The molecule has 2 aromatic carbocycles. The van der Waals surface area contributed by atoms with Crippen LogP contribution in [0.5, 0.6) is 11.5 Å². The van der Waals surface area contributed by atoms with Gasteiger partial charge in [-0.15, -0.1) is 0 Å². The zero-order chi connectivity index (χ0) is 19.2. The Labute approximate surface area is 156 Å². The van der Waals surface area contributed by atoms with Crippen molar-refractivity contribution < 1.29 is 18.7 Å². The lowest BCUT2D eigenvalue weighted by Crippen LogP contribution is -2.12. The summed E-state index contributed by atoms with van der Waals surface area (Å²) in [4.78, 5) is 16.5. The monoisotopic (exact) mass is 367 g/mol. The Balaban J connectivity index is 1.76. The van der Waals surface area contributed by atoms with Gasteiger partial charge in [-0.1, -0.05) is 6.07 Å². The molecule has 1 heterocycles. The molecule has 0 spiro atoms. The van der Waals surface area contributed by atoms with E-state index in [1.54, 1.807) is 44.7 Å². The van der Waals surface area contributed by atoms with Crippen LogP contribution in [0.25, 0.3) is 0 Å². The van der Waals surface area contributed by atoms with E-state index in [4.69, 9.17) is 9.47 Å². The lowest BCUT2D eigenvalue weighted by Gasteiger charge is -2.12. The molecule has 0 aliphatic carbocycles. The quantitative estimate of drug-likeness (QED) is 0.682. The van der Waals surface area contributed by atoms with Crippen LogP contribution in [0.4, 0.5) is 21.5 Å². The summed E-state index contributed by atoms with van der Waals surface area (Å²) in [7, 11) is 3.12. The molecule has 0 saturated heterocycles. The van der Waals surface area contributed by atoms with E-state index in [1.165, 1.54) is 24.4 Å². The number of anilines is 3. The van der Waals surface area contributed by atoms with Crippen LogP contribution < -0.4 is 20.1 Å². The highest BCUT2D eigenvalue weighted by atomic mass is 19.1. The molecule has 6 nitrogen and oxygen atoms in total. The number of amides is 1. The van der Waals surface area contributed by atoms with Crippen LogP contribution in [-0.2, 0) is 0 Å². The molecule has 2 N–H and O–H groups in total. The Morgan fingerprint density at radius 3 is 2.48 bits per heavy atom. The Hall–Kier alpha value is -3.61. The lowest BCUT2D eigenvalue weighted by molar-refractivity contribution is 0.102. The maximum atomic E-state index is 13.2. The summed E-state index contributed by atoms with van der Waals surface area (Å²) in [5.74, 6) is 0.388. The van der Waals surface area contributed by atoms with Crippen molar-refractivity contribution in [2.24, 2.45) is 0 Å². The number of carbonyl (C=O) groups is 1. The summed E-state index contributed by atoms with van der Waals surface area (Å²) >= 11 is 0. The van der Waals surface area contributed by atoms with Crippen molar-refractivity contribution >= 4 is 23.0 Å². The second kappa shape index (κ2) is 8.18. The van der Waals surface area contributed by atoms with Gasteiger partial charge < -0.3 is 20.1 Å². The third-order valence-corrected chi connectivity index (χ3v) is 3.76. The molecule has 0 aliphatic heterocycles. The average molecular weight is 367 g/mol. The van der Waals surface area contributed by atoms with Crippen molar-refractivity contribution in [3.05, 3.63) is 72.3 Å². The first-order valence-electron chi connectivity index (χ1n) is 8.10. The van der Waals surface area contributed by atoms with Crippen LogP contribution in [0, 0.1) is 5.82 Å². The molecule has 0 bridgehead atoms. The normalized spacial score (nSPS) is 10.2. The van der Waals surface area contributed by atoms with E-state index in [-0.39, 0.29) is 5.91 Å². The summed E-state index contributed by atoms with van der Waals surface area (Å²) in [6, 6.07) is 12.7. The minimum absolute atomic E-state index is 0.338. The Morgan fingerprint density at radius 2 is 1.74 bits per heavy atom. The molecular weight excluding hydrogens is 349 g/mol. The van der Waals surface area contributed by atoms with E-state index in [9.17, 15) is 9.18 Å². The molecule has 7 heteroatoms. The molecule has 1 aromatic heterocycles. The van der Waals surface area contributed by atoms with E-state index in [0.717, 1.165) is 5.69 Å².